The Bertz CT molecular complexity index is 65.2. The van der Waals surface area contributed by atoms with E-state index in [4.69, 9.17) is 0 Å². The molecule has 1 nitrogen and oxygen atoms in total. The van der Waals surface area contributed by atoms with Gasteiger partial charge in [-0.1, -0.05) is 6.92 Å². The van der Waals surface area contributed by atoms with Gasteiger partial charge in [0.1, 0.15) is 0 Å². The first-order valence-corrected chi connectivity index (χ1v) is 3.57. The van der Waals surface area contributed by atoms with E-state index in [1.807, 2.05) is 0 Å². The van der Waals surface area contributed by atoms with Gasteiger partial charge < -0.3 is 0 Å². The van der Waals surface area contributed by atoms with Crippen LogP contribution in [0.3, 0.4) is 0 Å². The minimum absolute atomic E-state index is 0.897. The Morgan fingerprint density at radius 2 is 2.50 bits per heavy atom. The lowest BCUT2D eigenvalue weighted by atomic mass is 10.5. The van der Waals surface area contributed by atoms with Crippen molar-refractivity contribution >= 4 is 21.3 Å². The maximum absolute atomic E-state index is 4.47. The van der Waals surface area contributed by atoms with Gasteiger partial charge in [-0.15, -0.1) is 0 Å². The van der Waals surface area contributed by atoms with E-state index in [0.717, 1.165) is 23.1 Å². The molecule has 0 atom stereocenters. The van der Waals surface area contributed by atoms with Crippen LogP contribution in [0.5, 0.6) is 0 Å². The van der Waals surface area contributed by atoms with Crippen LogP contribution in [0.1, 0.15) is 13.3 Å². The van der Waals surface area contributed by atoms with Crippen LogP contribution in [-0.4, -0.2) is 6.54 Å². The second kappa shape index (κ2) is 5.24. The van der Waals surface area contributed by atoms with Gasteiger partial charge in [0.05, 0.1) is 6.54 Å². The fraction of sp³-hybridized carbons (Fsp3) is 1.00. The highest BCUT2D eigenvalue weighted by Crippen LogP contribution is 1.72. The van der Waals surface area contributed by atoms with Crippen LogP contribution in [0, 0.1) is 0 Å². The standard InChI is InChI=1S/C3H7NS2/c1-2-3-4-6-5/h2-3H2,1H3. The third kappa shape index (κ3) is 4.24. The molecule has 0 amide bonds. The van der Waals surface area contributed by atoms with Crippen molar-refractivity contribution in [2.75, 3.05) is 6.54 Å². The Hall–Kier alpha value is 0.240. The fourth-order valence-electron chi connectivity index (χ4n) is 0.129. The van der Waals surface area contributed by atoms with Crippen LogP contribution in [0.15, 0.2) is 4.36 Å². The number of hydrogen-bond donors (Lipinski definition) is 0. The molecule has 0 unspecified atom stereocenters. The van der Waals surface area contributed by atoms with Gasteiger partial charge in [0.15, 0.2) is 0 Å². The molecule has 0 aliphatic rings. The number of nitrogens with zero attached hydrogens (tertiary/aromatic N) is 1. The molecule has 0 aromatic rings. The SMILES string of the molecule is CCCN=S=S. The lowest BCUT2D eigenvalue weighted by Crippen LogP contribution is -1.67. The molecule has 0 N–H and O–H groups in total. The molecular formula is C3H7NS2. The van der Waals surface area contributed by atoms with E-state index >= 15 is 0 Å². The zero-order chi connectivity index (χ0) is 4.83. The van der Waals surface area contributed by atoms with Crippen molar-refractivity contribution in [1.29, 1.82) is 0 Å². The van der Waals surface area contributed by atoms with Gasteiger partial charge in [-0.3, -0.25) is 0 Å². The summed E-state index contributed by atoms with van der Waals surface area (Å²) in [6, 6.07) is 0. The van der Waals surface area contributed by atoms with Crippen molar-refractivity contribution < 1.29 is 0 Å². The molecule has 0 spiro atoms. The minimum Gasteiger partial charge on any atom is -0.220 e. The predicted octanol–water partition coefficient (Wildman–Crippen LogP) is 1.12. The van der Waals surface area contributed by atoms with Crippen LogP contribution in [0.2, 0.25) is 0 Å². The van der Waals surface area contributed by atoms with Gasteiger partial charge >= 0.3 is 0 Å². The van der Waals surface area contributed by atoms with Crippen molar-refractivity contribution in [2.45, 2.75) is 13.3 Å². The van der Waals surface area contributed by atoms with Gasteiger partial charge in [-0.2, -0.15) is 0 Å². The van der Waals surface area contributed by atoms with E-state index in [1.165, 1.54) is 0 Å². The average molecular weight is 121 g/mol. The summed E-state index contributed by atoms with van der Waals surface area (Å²) in [5.41, 5.74) is 0. The van der Waals surface area contributed by atoms with Crippen LogP contribution in [-0.2, 0) is 21.3 Å². The molecule has 0 aliphatic carbocycles. The predicted molar refractivity (Wildman–Crippen MR) is 32.3 cm³/mol. The summed E-state index contributed by atoms with van der Waals surface area (Å²) >= 11 is 4.47. The molecule has 36 valence electrons. The Labute approximate surface area is 46.1 Å². The molecule has 0 saturated heterocycles. The molecular weight excluding hydrogens is 114 g/mol. The second-order valence-corrected chi connectivity index (χ2v) is 1.78. The zero-order valence-corrected chi connectivity index (χ0v) is 5.31. The average Bonchev–Trinajstić information content (AvgIpc) is 1.61. The molecule has 0 radical (unpaired) electrons. The number of rotatable bonds is 2. The lowest BCUT2D eigenvalue weighted by Gasteiger charge is -1.72. The fourth-order valence-corrected chi connectivity index (χ4v) is 0.609. The quantitative estimate of drug-likeness (QED) is 0.533. The third-order valence-corrected chi connectivity index (χ3v) is 0.972. The third-order valence-electron chi connectivity index (χ3n) is 0.368. The summed E-state index contributed by atoms with van der Waals surface area (Å²) in [5, 5.41) is 0. The van der Waals surface area contributed by atoms with Crippen molar-refractivity contribution in [3.05, 3.63) is 0 Å². The smallest absolute Gasteiger partial charge is 0.0518 e. The lowest BCUT2D eigenvalue weighted by molar-refractivity contribution is 0.947. The Morgan fingerprint density at radius 1 is 1.83 bits per heavy atom. The molecule has 0 aromatic carbocycles. The van der Waals surface area contributed by atoms with E-state index in [2.05, 4.69) is 22.5 Å². The highest BCUT2D eigenvalue weighted by atomic mass is 32.8. The maximum atomic E-state index is 4.47. The minimum atomic E-state index is 0.897. The van der Waals surface area contributed by atoms with Crippen LogP contribution >= 0.6 is 0 Å². The maximum Gasteiger partial charge on any atom is 0.0518 e. The van der Waals surface area contributed by atoms with E-state index in [9.17, 15) is 0 Å². The van der Waals surface area contributed by atoms with Crippen molar-refractivity contribution in [1.82, 2.24) is 0 Å². The monoisotopic (exact) mass is 121 g/mol. The van der Waals surface area contributed by atoms with Crippen LogP contribution < -0.4 is 0 Å². The Kier molecular flexibility index (Phi) is 5.45. The first-order chi connectivity index (χ1) is 2.91. The molecule has 0 aliphatic heterocycles. The molecule has 0 rings (SSSR count). The summed E-state index contributed by atoms with van der Waals surface area (Å²) in [5.74, 6) is 0. The first-order valence-electron chi connectivity index (χ1n) is 1.87. The van der Waals surface area contributed by atoms with Crippen LogP contribution in [0.25, 0.3) is 0 Å². The summed E-state index contributed by atoms with van der Waals surface area (Å²) in [7, 11) is 1.13. The molecule has 0 bridgehead atoms. The Balaban J connectivity index is 2.86. The highest BCUT2D eigenvalue weighted by Gasteiger charge is 1.64. The van der Waals surface area contributed by atoms with Gasteiger partial charge in [-0.25, -0.2) is 4.36 Å². The summed E-state index contributed by atoms with van der Waals surface area (Å²) in [6.07, 6.45) is 1.10. The molecule has 0 saturated carbocycles. The van der Waals surface area contributed by atoms with E-state index in [1.54, 1.807) is 0 Å². The highest BCUT2D eigenvalue weighted by molar-refractivity contribution is 8.12. The number of hydrogen-bond acceptors (Lipinski definition) is 2. The summed E-state index contributed by atoms with van der Waals surface area (Å²) < 4.78 is 3.82. The molecule has 0 heterocycles. The molecule has 0 fully saturated rings. The largest absolute Gasteiger partial charge is 0.220 e. The van der Waals surface area contributed by atoms with Gasteiger partial charge in [0.25, 0.3) is 0 Å². The zero-order valence-electron chi connectivity index (χ0n) is 3.68. The summed E-state index contributed by atoms with van der Waals surface area (Å²) in [6.45, 7) is 2.98. The topological polar surface area (TPSA) is 12.4 Å². The Morgan fingerprint density at radius 3 is 2.67 bits per heavy atom. The normalized spacial score (nSPS) is 7.50. The van der Waals surface area contributed by atoms with Gasteiger partial charge in [0, 0.05) is 21.3 Å². The first kappa shape index (κ1) is 6.24. The summed E-state index contributed by atoms with van der Waals surface area (Å²) in [4.78, 5) is 0. The second-order valence-electron chi connectivity index (χ2n) is 0.927. The molecule has 3 heteroatoms. The van der Waals surface area contributed by atoms with Crippen LogP contribution in [0.4, 0.5) is 0 Å². The van der Waals surface area contributed by atoms with E-state index in [-0.39, 0.29) is 0 Å². The van der Waals surface area contributed by atoms with Gasteiger partial charge in [0.2, 0.25) is 0 Å². The van der Waals surface area contributed by atoms with E-state index in [0.29, 0.717) is 0 Å². The molecule has 6 heavy (non-hydrogen) atoms. The van der Waals surface area contributed by atoms with E-state index < -0.39 is 0 Å². The van der Waals surface area contributed by atoms with Crippen molar-refractivity contribution in [3.63, 3.8) is 0 Å². The van der Waals surface area contributed by atoms with Crippen molar-refractivity contribution in [3.8, 4) is 0 Å². The molecule has 0 aromatic heterocycles. The van der Waals surface area contributed by atoms with Crippen molar-refractivity contribution in [2.24, 2.45) is 4.36 Å². The van der Waals surface area contributed by atoms with Gasteiger partial charge in [-0.05, 0) is 6.42 Å².